The van der Waals surface area contributed by atoms with Crippen LogP contribution in [0.25, 0.3) is 5.82 Å². The monoisotopic (exact) mass is 338 g/mol. The minimum absolute atomic E-state index is 0.167. The molecule has 1 fully saturated rings. The van der Waals surface area contributed by atoms with Crippen LogP contribution in [-0.2, 0) is 4.74 Å². The van der Waals surface area contributed by atoms with E-state index in [0.717, 1.165) is 31.6 Å². The second-order valence-corrected chi connectivity index (χ2v) is 6.85. The Hall–Kier alpha value is -2.47. The molecule has 1 saturated heterocycles. The van der Waals surface area contributed by atoms with E-state index in [4.69, 9.17) is 4.74 Å². The largest absolute Gasteiger partial charge is 0.377 e. The van der Waals surface area contributed by atoms with E-state index in [2.05, 4.69) is 34.1 Å². The molecule has 1 aliphatic carbocycles. The SMILES string of the molecule is Cc1nc(-n2cc(C(C)C3=CC=C4COCCC4C3)cn2)cc(=O)[nH]1. The van der Waals surface area contributed by atoms with Crippen LogP contribution in [0.4, 0.5) is 0 Å². The molecule has 6 nitrogen and oxygen atoms in total. The number of fused-ring (bicyclic) bond motifs is 1. The van der Waals surface area contributed by atoms with Gasteiger partial charge in [-0.25, -0.2) is 9.67 Å². The average Bonchev–Trinajstić information content (AvgIpc) is 3.10. The van der Waals surface area contributed by atoms with Gasteiger partial charge in [0.2, 0.25) is 0 Å². The van der Waals surface area contributed by atoms with Crippen LogP contribution in [0.15, 0.2) is 46.6 Å². The summed E-state index contributed by atoms with van der Waals surface area (Å²) in [7, 11) is 0. The first-order valence-corrected chi connectivity index (χ1v) is 8.70. The minimum atomic E-state index is -0.167. The van der Waals surface area contributed by atoms with Gasteiger partial charge < -0.3 is 9.72 Å². The second-order valence-electron chi connectivity index (χ2n) is 6.85. The van der Waals surface area contributed by atoms with E-state index >= 15 is 0 Å². The zero-order valence-electron chi connectivity index (χ0n) is 14.5. The Labute approximate surface area is 146 Å². The molecule has 2 unspecified atom stereocenters. The van der Waals surface area contributed by atoms with Gasteiger partial charge in [0.15, 0.2) is 5.82 Å². The Morgan fingerprint density at radius 2 is 2.28 bits per heavy atom. The molecule has 6 heteroatoms. The number of rotatable bonds is 3. The van der Waals surface area contributed by atoms with E-state index < -0.39 is 0 Å². The van der Waals surface area contributed by atoms with Gasteiger partial charge in [-0.2, -0.15) is 5.10 Å². The van der Waals surface area contributed by atoms with Gasteiger partial charge in [-0.15, -0.1) is 0 Å². The third-order valence-electron chi connectivity index (χ3n) is 5.14. The highest BCUT2D eigenvalue weighted by molar-refractivity contribution is 5.35. The first-order chi connectivity index (χ1) is 12.1. The molecule has 0 bridgehead atoms. The highest BCUT2D eigenvalue weighted by Gasteiger charge is 2.25. The zero-order chi connectivity index (χ0) is 17.4. The number of hydrogen-bond acceptors (Lipinski definition) is 4. The lowest BCUT2D eigenvalue weighted by molar-refractivity contribution is 0.106. The van der Waals surface area contributed by atoms with Crippen molar-refractivity contribution in [3.63, 3.8) is 0 Å². The van der Waals surface area contributed by atoms with E-state index in [1.54, 1.807) is 11.6 Å². The van der Waals surface area contributed by atoms with Crippen molar-refractivity contribution >= 4 is 0 Å². The van der Waals surface area contributed by atoms with Crippen LogP contribution >= 0.6 is 0 Å². The lowest BCUT2D eigenvalue weighted by atomic mass is 9.79. The standard InChI is InChI=1S/C19H22N4O2/c1-12(14-3-4-16-11-25-6-5-15(16)7-14)17-9-20-23(10-17)18-8-19(24)22-13(2)21-18/h3-4,8-10,12,15H,5-7,11H2,1-2H3,(H,21,22,24). The van der Waals surface area contributed by atoms with Crippen molar-refractivity contribution in [1.82, 2.24) is 19.7 Å². The highest BCUT2D eigenvalue weighted by Crippen LogP contribution is 2.37. The third-order valence-corrected chi connectivity index (χ3v) is 5.14. The van der Waals surface area contributed by atoms with E-state index in [1.807, 2.05) is 12.4 Å². The second kappa shape index (κ2) is 6.44. The summed E-state index contributed by atoms with van der Waals surface area (Å²) in [5, 5.41) is 4.40. The Balaban J connectivity index is 1.58. The molecule has 2 aromatic rings. The summed E-state index contributed by atoms with van der Waals surface area (Å²) in [4.78, 5) is 18.6. The van der Waals surface area contributed by atoms with Gasteiger partial charge in [0.25, 0.3) is 5.56 Å². The molecule has 25 heavy (non-hydrogen) atoms. The molecule has 0 radical (unpaired) electrons. The maximum atomic E-state index is 11.6. The van der Waals surface area contributed by atoms with Crippen LogP contribution in [0, 0.1) is 12.8 Å². The summed E-state index contributed by atoms with van der Waals surface area (Å²) in [6.45, 7) is 5.61. The fraction of sp³-hybridized carbons (Fsp3) is 0.421. The molecule has 3 heterocycles. The van der Waals surface area contributed by atoms with Crippen LogP contribution in [0.2, 0.25) is 0 Å². The fourth-order valence-electron chi connectivity index (χ4n) is 3.60. The molecule has 4 rings (SSSR count). The summed E-state index contributed by atoms with van der Waals surface area (Å²) in [6.07, 6.45) is 10.5. The predicted molar refractivity (Wildman–Crippen MR) is 94.8 cm³/mol. The number of aryl methyl sites for hydroxylation is 1. The van der Waals surface area contributed by atoms with Gasteiger partial charge in [0.05, 0.1) is 12.8 Å². The maximum absolute atomic E-state index is 11.6. The van der Waals surface area contributed by atoms with Crippen LogP contribution in [0.3, 0.4) is 0 Å². The first-order valence-electron chi connectivity index (χ1n) is 8.70. The normalized spacial score (nSPS) is 21.3. The van der Waals surface area contributed by atoms with Gasteiger partial charge >= 0.3 is 0 Å². The molecule has 130 valence electrons. The van der Waals surface area contributed by atoms with Crippen molar-refractivity contribution in [3.8, 4) is 5.82 Å². The number of ether oxygens (including phenoxy) is 1. The smallest absolute Gasteiger partial charge is 0.253 e. The number of aromatic amines is 1. The molecule has 2 atom stereocenters. The molecule has 0 saturated carbocycles. The molecule has 0 amide bonds. The Morgan fingerprint density at radius 3 is 3.12 bits per heavy atom. The molecular formula is C19H22N4O2. The van der Waals surface area contributed by atoms with Crippen molar-refractivity contribution in [2.45, 2.75) is 32.6 Å². The third kappa shape index (κ3) is 3.22. The molecule has 0 spiro atoms. The van der Waals surface area contributed by atoms with Gasteiger partial charge in [-0.1, -0.05) is 24.6 Å². The first kappa shape index (κ1) is 16.0. The van der Waals surface area contributed by atoms with Crippen LogP contribution in [0.1, 0.15) is 37.1 Å². The number of nitrogens with one attached hydrogen (secondary N) is 1. The van der Waals surface area contributed by atoms with Gasteiger partial charge in [-0.3, -0.25) is 4.79 Å². The fourth-order valence-corrected chi connectivity index (χ4v) is 3.60. The summed E-state index contributed by atoms with van der Waals surface area (Å²) >= 11 is 0. The van der Waals surface area contributed by atoms with Crippen molar-refractivity contribution in [1.29, 1.82) is 0 Å². The van der Waals surface area contributed by atoms with Gasteiger partial charge in [0.1, 0.15) is 5.82 Å². The molecule has 1 N–H and O–H groups in total. The molecular weight excluding hydrogens is 316 g/mol. The van der Waals surface area contributed by atoms with Crippen molar-refractivity contribution in [2.24, 2.45) is 5.92 Å². The maximum Gasteiger partial charge on any atom is 0.253 e. The highest BCUT2D eigenvalue weighted by atomic mass is 16.5. The van der Waals surface area contributed by atoms with Crippen molar-refractivity contribution in [2.75, 3.05) is 13.2 Å². The van der Waals surface area contributed by atoms with E-state index in [-0.39, 0.29) is 11.5 Å². The summed E-state index contributed by atoms with van der Waals surface area (Å²) < 4.78 is 7.22. The molecule has 0 aromatic carbocycles. The number of aromatic nitrogens is 4. The van der Waals surface area contributed by atoms with Crippen LogP contribution < -0.4 is 5.56 Å². The van der Waals surface area contributed by atoms with Crippen molar-refractivity contribution < 1.29 is 4.74 Å². The molecule has 1 aliphatic heterocycles. The van der Waals surface area contributed by atoms with Crippen LogP contribution in [0.5, 0.6) is 0 Å². The van der Waals surface area contributed by atoms with Crippen molar-refractivity contribution in [3.05, 3.63) is 63.5 Å². The average molecular weight is 338 g/mol. The molecule has 2 aliphatic rings. The number of H-pyrrole nitrogens is 1. The Bertz CT molecular complexity index is 906. The summed E-state index contributed by atoms with van der Waals surface area (Å²) in [6, 6.07) is 1.46. The predicted octanol–water partition coefficient (Wildman–Crippen LogP) is 2.66. The lowest BCUT2D eigenvalue weighted by Gasteiger charge is -2.30. The Kier molecular flexibility index (Phi) is 4.13. The lowest BCUT2D eigenvalue weighted by Crippen LogP contribution is -2.22. The molecule has 2 aromatic heterocycles. The quantitative estimate of drug-likeness (QED) is 0.934. The number of hydrogen-bond donors (Lipinski definition) is 1. The van der Waals surface area contributed by atoms with E-state index in [9.17, 15) is 4.79 Å². The topological polar surface area (TPSA) is 72.8 Å². The summed E-state index contributed by atoms with van der Waals surface area (Å²) in [5.41, 5.74) is 3.81. The number of allylic oxidation sites excluding steroid dienone is 3. The van der Waals surface area contributed by atoms with E-state index in [0.29, 0.717) is 17.6 Å². The minimum Gasteiger partial charge on any atom is -0.377 e. The van der Waals surface area contributed by atoms with Gasteiger partial charge in [-0.05, 0) is 36.8 Å². The summed E-state index contributed by atoms with van der Waals surface area (Å²) in [5.74, 6) is 2.03. The van der Waals surface area contributed by atoms with Crippen LogP contribution in [-0.4, -0.2) is 33.0 Å². The zero-order valence-corrected chi connectivity index (χ0v) is 14.5. The Morgan fingerprint density at radius 1 is 1.40 bits per heavy atom. The van der Waals surface area contributed by atoms with E-state index in [1.165, 1.54) is 17.2 Å². The van der Waals surface area contributed by atoms with Gasteiger partial charge in [0, 0.05) is 24.8 Å². The number of nitrogens with zero attached hydrogens (tertiary/aromatic N) is 3.